The van der Waals surface area contributed by atoms with Crippen molar-refractivity contribution in [1.82, 2.24) is 5.32 Å². The molecule has 2 atom stereocenters. The Morgan fingerprint density at radius 1 is 1.17 bits per heavy atom. The van der Waals surface area contributed by atoms with E-state index < -0.39 is 0 Å². The summed E-state index contributed by atoms with van der Waals surface area (Å²) in [7, 11) is 3.84. The van der Waals surface area contributed by atoms with Crippen LogP contribution in [0.4, 0.5) is 0 Å². The van der Waals surface area contributed by atoms with Crippen molar-refractivity contribution < 1.29 is 4.74 Å². The van der Waals surface area contributed by atoms with Crippen LogP contribution in [0.3, 0.4) is 0 Å². The summed E-state index contributed by atoms with van der Waals surface area (Å²) >= 11 is 0. The minimum atomic E-state index is 0.649. The fraction of sp³-hybridized carbons (Fsp3) is 0.625. The molecule has 0 amide bonds. The Morgan fingerprint density at radius 3 is 2.72 bits per heavy atom. The molecule has 1 aromatic rings. The number of rotatable bonds is 4. The van der Waals surface area contributed by atoms with Gasteiger partial charge in [0.05, 0.1) is 7.11 Å². The molecule has 2 rings (SSSR count). The molecule has 0 aliphatic heterocycles. The molecule has 2 unspecified atom stereocenters. The summed E-state index contributed by atoms with van der Waals surface area (Å²) in [5, 5.41) is 3.36. The van der Waals surface area contributed by atoms with E-state index in [0.29, 0.717) is 5.92 Å². The molecular formula is C16H25NO. The molecule has 0 bridgehead atoms. The maximum absolute atomic E-state index is 5.55. The third kappa shape index (κ3) is 3.05. The van der Waals surface area contributed by atoms with Crippen LogP contribution in [0.5, 0.6) is 5.75 Å². The second-order valence-corrected chi connectivity index (χ2v) is 5.30. The Morgan fingerprint density at radius 2 is 1.94 bits per heavy atom. The second kappa shape index (κ2) is 6.79. The zero-order valence-corrected chi connectivity index (χ0v) is 11.6. The molecule has 0 saturated heterocycles. The Bertz CT molecular complexity index is 364. The van der Waals surface area contributed by atoms with Gasteiger partial charge in [0.1, 0.15) is 5.75 Å². The summed E-state index contributed by atoms with van der Waals surface area (Å²) in [4.78, 5) is 0. The summed E-state index contributed by atoms with van der Waals surface area (Å²) in [6, 6.07) is 8.54. The topological polar surface area (TPSA) is 21.3 Å². The number of methoxy groups -OCH3 is 1. The van der Waals surface area contributed by atoms with Crippen molar-refractivity contribution in [3.8, 4) is 5.75 Å². The molecule has 18 heavy (non-hydrogen) atoms. The molecule has 1 fully saturated rings. The Balaban J connectivity index is 2.25. The molecule has 1 N–H and O–H groups in total. The van der Waals surface area contributed by atoms with Gasteiger partial charge in [-0.2, -0.15) is 0 Å². The number of hydrogen-bond acceptors (Lipinski definition) is 2. The van der Waals surface area contributed by atoms with E-state index >= 15 is 0 Å². The summed E-state index contributed by atoms with van der Waals surface area (Å²) in [5.41, 5.74) is 1.40. The number of para-hydroxylation sites is 1. The Kier molecular flexibility index (Phi) is 5.06. The first-order valence-electron chi connectivity index (χ1n) is 7.14. The van der Waals surface area contributed by atoms with E-state index in [2.05, 4.69) is 36.6 Å². The summed E-state index contributed by atoms with van der Waals surface area (Å²) in [5.74, 6) is 2.45. The van der Waals surface area contributed by atoms with Gasteiger partial charge >= 0.3 is 0 Å². The quantitative estimate of drug-likeness (QED) is 0.821. The molecule has 0 radical (unpaired) electrons. The molecule has 2 nitrogen and oxygen atoms in total. The molecule has 2 heteroatoms. The van der Waals surface area contributed by atoms with Crippen molar-refractivity contribution >= 4 is 0 Å². The number of hydrogen-bond donors (Lipinski definition) is 1. The van der Waals surface area contributed by atoms with Crippen LogP contribution in [0.2, 0.25) is 0 Å². The van der Waals surface area contributed by atoms with Gasteiger partial charge in [-0.15, -0.1) is 0 Å². The van der Waals surface area contributed by atoms with Gasteiger partial charge in [0.25, 0.3) is 0 Å². The largest absolute Gasteiger partial charge is 0.496 e. The minimum Gasteiger partial charge on any atom is -0.496 e. The van der Waals surface area contributed by atoms with Crippen LogP contribution in [-0.4, -0.2) is 20.7 Å². The van der Waals surface area contributed by atoms with Crippen molar-refractivity contribution in [2.45, 2.75) is 38.0 Å². The minimum absolute atomic E-state index is 0.649. The lowest BCUT2D eigenvalue weighted by Crippen LogP contribution is -2.24. The molecule has 1 saturated carbocycles. The van der Waals surface area contributed by atoms with E-state index in [-0.39, 0.29) is 0 Å². The zero-order chi connectivity index (χ0) is 12.8. The molecule has 0 aromatic heterocycles. The van der Waals surface area contributed by atoms with Crippen molar-refractivity contribution in [3.63, 3.8) is 0 Å². The van der Waals surface area contributed by atoms with Crippen molar-refractivity contribution in [2.24, 2.45) is 5.92 Å². The predicted molar refractivity (Wildman–Crippen MR) is 76.2 cm³/mol. The summed E-state index contributed by atoms with van der Waals surface area (Å²) in [6.45, 7) is 1.11. The first kappa shape index (κ1) is 13.4. The van der Waals surface area contributed by atoms with E-state index in [1.165, 1.54) is 37.7 Å². The molecular weight excluding hydrogens is 222 g/mol. The van der Waals surface area contributed by atoms with Gasteiger partial charge in [-0.25, -0.2) is 0 Å². The first-order chi connectivity index (χ1) is 8.86. The van der Waals surface area contributed by atoms with Crippen LogP contribution in [0.1, 0.15) is 43.6 Å². The van der Waals surface area contributed by atoms with Crippen molar-refractivity contribution in [2.75, 3.05) is 20.7 Å². The van der Waals surface area contributed by atoms with Crippen LogP contribution >= 0.6 is 0 Å². The van der Waals surface area contributed by atoms with Crippen LogP contribution in [0.25, 0.3) is 0 Å². The van der Waals surface area contributed by atoms with Crippen molar-refractivity contribution in [3.05, 3.63) is 29.8 Å². The van der Waals surface area contributed by atoms with Gasteiger partial charge in [0, 0.05) is 0 Å². The average molecular weight is 247 g/mol. The van der Waals surface area contributed by atoms with Gasteiger partial charge in [0.15, 0.2) is 0 Å². The van der Waals surface area contributed by atoms with E-state index in [1.54, 1.807) is 7.11 Å². The molecule has 0 spiro atoms. The monoisotopic (exact) mass is 247 g/mol. The molecule has 1 aliphatic carbocycles. The summed E-state index contributed by atoms with van der Waals surface area (Å²) in [6.07, 6.45) is 6.74. The van der Waals surface area contributed by atoms with Gasteiger partial charge in [0.2, 0.25) is 0 Å². The van der Waals surface area contributed by atoms with Crippen LogP contribution in [-0.2, 0) is 0 Å². The highest BCUT2D eigenvalue weighted by molar-refractivity contribution is 5.36. The number of ether oxygens (including phenoxy) is 1. The fourth-order valence-electron chi connectivity index (χ4n) is 3.27. The highest BCUT2D eigenvalue weighted by Crippen LogP contribution is 2.39. The van der Waals surface area contributed by atoms with Crippen LogP contribution in [0.15, 0.2) is 24.3 Å². The highest BCUT2D eigenvalue weighted by Gasteiger charge is 2.26. The summed E-state index contributed by atoms with van der Waals surface area (Å²) < 4.78 is 5.55. The number of benzene rings is 1. The van der Waals surface area contributed by atoms with E-state index in [1.807, 2.05) is 0 Å². The lowest BCUT2D eigenvalue weighted by atomic mass is 9.82. The van der Waals surface area contributed by atoms with E-state index in [9.17, 15) is 0 Å². The molecule has 1 aromatic carbocycles. The lowest BCUT2D eigenvalue weighted by molar-refractivity contribution is 0.360. The van der Waals surface area contributed by atoms with Gasteiger partial charge in [-0.1, -0.05) is 37.5 Å². The smallest absolute Gasteiger partial charge is 0.122 e. The SMILES string of the molecule is CNCC1CCCCCC1c1ccccc1OC. The number of nitrogens with one attached hydrogen (secondary N) is 1. The Labute approximate surface area is 111 Å². The second-order valence-electron chi connectivity index (χ2n) is 5.30. The zero-order valence-electron chi connectivity index (χ0n) is 11.6. The average Bonchev–Trinajstić information content (AvgIpc) is 2.65. The van der Waals surface area contributed by atoms with E-state index in [4.69, 9.17) is 4.74 Å². The fourth-order valence-corrected chi connectivity index (χ4v) is 3.27. The van der Waals surface area contributed by atoms with Gasteiger partial charge in [-0.3, -0.25) is 0 Å². The van der Waals surface area contributed by atoms with Crippen molar-refractivity contribution in [1.29, 1.82) is 0 Å². The Hall–Kier alpha value is -1.02. The molecule has 1 aliphatic rings. The molecule has 0 heterocycles. The highest BCUT2D eigenvalue weighted by atomic mass is 16.5. The van der Waals surface area contributed by atoms with E-state index in [0.717, 1.165) is 18.2 Å². The van der Waals surface area contributed by atoms with Crippen LogP contribution in [0, 0.1) is 5.92 Å². The predicted octanol–water partition coefficient (Wildman–Crippen LogP) is 3.58. The first-order valence-corrected chi connectivity index (χ1v) is 7.14. The standard InChI is InChI=1S/C16H25NO/c1-17-12-13-8-4-3-5-9-14(13)15-10-6-7-11-16(15)18-2/h6-7,10-11,13-14,17H,3-5,8-9,12H2,1-2H3. The maximum atomic E-state index is 5.55. The maximum Gasteiger partial charge on any atom is 0.122 e. The third-order valence-corrected chi connectivity index (χ3v) is 4.16. The van der Waals surface area contributed by atoms with Gasteiger partial charge < -0.3 is 10.1 Å². The molecule has 100 valence electrons. The lowest BCUT2D eigenvalue weighted by Gasteiger charge is -2.26. The van der Waals surface area contributed by atoms with Crippen LogP contribution < -0.4 is 10.1 Å². The van der Waals surface area contributed by atoms with Gasteiger partial charge in [-0.05, 0) is 49.9 Å². The third-order valence-electron chi connectivity index (χ3n) is 4.16. The normalized spacial score (nSPS) is 24.6.